The first kappa shape index (κ1) is 14.1. The number of hydrogen-bond acceptors (Lipinski definition) is 3. The standard InChI is InChI=1S/C15H10BrClN2O2/c1-8-10-3-2-4-11(17)14(10)21-13(8)15(20)19-12-6-5-9(16)7-18-12/h2-7H,1H3,(H,18,19,20). The summed E-state index contributed by atoms with van der Waals surface area (Å²) in [6.45, 7) is 1.83. The molecule has 0 saturated heterocycles. The van der Waals surface area contributed by atoms with Gasteiger partial charge in [0, 0.05) is 21.6 Å². The van der Waals surface area contributed by atoms with Gasteiger partial charge in [0.15, 0.2) is 11.3 Å². The Morgan fingerprint density at radius 1 is 1.33 bits per heavy atom. The van der Waals surface area contributed by atoms with Crippen LogP contribution in [0, 0.1) is 6.92 Å². The van der Waals surface area contributed by atoms with E-state index in [-0.39, 0.29) is 11.7 Å². The number of benzene rings is 1. The first-order valence-corrected chi connectivity index (χ1v) is 7.34. The first-order valence-electron chi connectivity index (χ1n) is 6.17. The molecule has 1 aromatic carbocycles. The molecule has 0 bridgehead atoms. The van der Waals surface area contributed by atoms with Gasteiger partial charge in [-0.25, -0.2) is 4.98 Å². The lowest BCUT2D eigenvalue weighted by Gasteiger charge is -2.02. The Morgan fingerprint density at radius 2 is 2.14 bits per heavy atom. The molecular formula is C15H10BrClN2O2. The number of furan rings is 1. The van der Waals surface area contributed by atoms with Crippen LogP contribution in [0.15, 0.2) is 45.4 Å². The molecule has 2 aromatic heterocycles. The van der Waals surface area contributed by atoms with E-state index in [1.807, 2.05) is 19.1 Å². The molecule has 21 heavy (non-hydrogen) atoms. The van der Waals surface area contributed by atoms with Crippen molar-refractivity contribution in [3.8, 4) is 0 Å². The van der Waals surface area contributed by atoms with Crippen molar-refractivity contribution in [3.05, 3.63) is 57.3 Å². The highest BCUT2D eigenvalue weighted by Crippen LogP contribution is 2.30. The molecule has 0 atom stereocenters. The Hall–Kier alpha value is -1.85. The summed E-state index contributed by atoms with van der Waals surface area (Å²) in [5, 5.41) is 4.01. The summed E-state index contributed by atoms with van der Waals surface area (Å²) < 4.78 is 6.45. The topological polar surface area (TPSA) is 55.1 Å². The number of pyridine rings is 1. The lowest BCUT2D eigenvalue weighted by atomic mass is 10.1. The summed E-state index contributed by atoms with van der Waals surface area (Å²) in [6.07, 6.45) is 1.61. The fourth-order valence-electron chi connectivity index (χ4n) is 2.05. The van der Waals surface area contributed by atoms with E-state index >= 15 is 0 Å². The molecule has 3 aromatic rings. The van der Waals surface area contributed by atoms with Crippen LogP contribution in [-0.4, -0.2) is 10.9 Å². The Balaban J connectivity index is 1.96. The van der Waals surface area contributed by atoms with Gasteiger partial charge in [0.1, 0.15) is 5.82 Å². The van der Waals surface area contributed by atoms with Crippen molar-refractivity contribution >= 4 is 50.2 Å². The van der Waals surface area contributed by atoms with E-state index < -0.39 is 0 Å². The molecule has 0 fully saturated rings. The number of halogens is 2. The van der Waals surface area contributed by atoms with Crippen LogP contribution in [0.1, 0.15) is 16.1 Å². The van der Waals surface area contributed by atoms with Gasteiger partial charge in [-0.2, -0.15) is 0 Å². The van der Waals surface area contributed by atoms with Crippen LogP contribution in [0.25, 0.3) is 11.0 Å². The monoisotopic (exact) mass is 364 g/mol. The third-order valence-corrected chi connectivity index (χ3v) is 3.86. The zero-order valence-corrected chi connectivity index (χ0v) is 13.3. The number of carbonyl (C=O) groups is 1. The number of aryl methyl sites for hydroxylation is 1. The highest BCUT2D eigenvalue weighted by molar-refractivity contribution is 9.10. The predicted octanol–water partition coefficient (Wildman–Crippen LogP) is 4.80. The largest absolute Gasteiger partial charge is 0.449 e. The van der Waals surface area contributed by atoms with E-state index in [1.54, 1.807) is 24.4 Å². The third-order valence-electron chi connectivity index (χ3n) is 3.09. The quantitative estimate of drug-likeness (QED) is 0.709. The second-order valence-electron chi connectivity index (χ2n) is 4.49. The number of amides is 1. The van der Waals surface area contributed by atoms with E-state index in [2.05, 4.69) is 26.2 Å². The normalized spacial score (nSPS) is 10.8. The SMILES string of the molecule is Cc1c(C(=O)Nc2ccc(Br)cn2)oc2c(Cl)cccc12. The molecule has 0 unspecified atom stereocenters. The maximum Gasteiger partial charge on any atom is 0.292 e. The smallest absolute Gasteiger partial charge is 0.292 e. The molecule has 0 spiro atoms. The maximum absolute atomic E-state index is 12.3. The van der Waals surface area contributed by atoms with Crippen molar-refractivity contribution in [1.29, 1.82) is 0 Å². The van der Waals surface area contributed by atoms with E-state index in [9.17, 15) is 4.79 Å². The van der Waals surface area contributed by atoms with Crippen LogP contribution >= 0.6 is 27.5 Å². The summed E-state index contributed by atoms with van der Waals surface area (Å²) in [4.78, 5) is 16.4. The van der Waals surface area contributed by atoms with Crippen LogP contribution < -0.4 is 5.32 Å². The number of nitrogens with one attached hydrogen (secondary N) is 1. The summed E-state index contributed by atoms with van der Waals surface area (Å²) in [7, 11) is 0. The second-order valence-corrected chi connectivity index (χ2v) is 5.81. The van der Waals surface area contributed by atoms with Crippen LogP contribution in [0.3, 0.4) is 0 Å². The zero-order valence-electron chi connectivity index (χ0n) is 11.0. The molecule has 3 rings (SSSR count). The van der Waals surface area contributed by atoms with Crippen molar-refractivity contribution in [2.24, 2.45) is 0 Å². The van der Waals surface area contributed by atoms with E-state index in [1.165, 1.54) is 0 Å². The number of fused-ring (bicyclic) bond motifs is 1. The van der Waals surface area contributed by atoms with Gasteiger partial charge >= 0.3 is 0 Å². The minimum atomic E-state index is -0.352. The molecule has 6 heteroatoms. The highest BCUT2D eigenvalue weighted by atomic mass is 79.9. The summed E-state index contributed by atoms with van der Waals surface area (Å²) in [5.41, 5.74) is 1.27. The minimum Gasteiger partial charge on any atom is -0.449 e. The second kappa shape index (κ2) is 5.50. The summed E-state index contributed by atoms with van der Waals surface area (Å²) >= 11 is 9.37. The van der Waals surface area contributed by atoms with Crippen molar-refractivity contribution in [1.82, 2.24) is 4.98 Å². The van der Waals surface area contributed by atoms with Crippen LogP contribution in [-0.2, 0) is 0 Å². The Morgan fingerprint density at radius 3 is 2.81 bits per heavy atom. The number of hydrogen-bond donors (Lipinski definition) is 1. The van der Waals surface area contributed by atoms with Crippen molar-refractivity contribution in [3.63, 3.8) is 0 Å². The molecule has 0 aliphatic rings. The molecule has 1 N–H and O–H groups in total. The molecule has 0 radical (unpaired) electrons. The lowest BCUT2D eigenvalue weighted by Crippen LogP contribution is -2.13. The number of aromatic nitrogens is 1. The Labute approximate surface area is 134 Å². The number of carbonyl (C=O) groups excluding carboxylic acids is 1. The molecule has 0 aliphatic carbocycles. The van der Waals surface area contributed by atoms with Crippen molar-refractivity contribution < 1.29 is 9.21 Å². The highest BCUT2D eigenvalue weighted by Gasteiger charge is 2.19. The van der Waals surface area contributed by atoms with Gasteiger partial charge in [-0.1, -0.05) is 23.7 Å². The lowest BCUT2D eigenvalue weighted by molar-refractivity contribution is 0.0997. The van der Waals surface area contributed by atoms with Gasteiger partial charge in [-0.05, 0) is 41.1 Å². The van der Waals surface area contributed by atoms with Gasteiger partial charge in [0.2, 0.25) is 0 Å². The van der Waals surface area contributed by atoms with Gasteiger partial charge < -0.3 is 9.73 Å². The van der Waals surface area contributed by atoms with Gasteiger partial charge in [0.05, 0.1) is 5.02 Å². The number of anilines is 1. The van der Waals surface area contributed by atoms with Crippen LogP contribution in [0.4, 0.5) is 5.82 Å². The van der Waals surface area contributed by atoms with E-state index in [0.29, 0.717) is 16.4 Å². The first-order chi connectivity index (χ1) is 10.1. The van der Waals surface area contributed by atoms with Gasteiger partial charge in [0.25, 0.3) is 5.91 Å². The summed E-state index contributed by atoms with van der Waals surface area (Å²) in [5.74, 6) is 0.339. The van der Waals surface area contributed by atoms with E-state index in [0.717, 1.165) is 15.4 Å². The Bertz CT molecular complexity index is 828. The number of para-hydroxylation sites is 1. The fourth-order valence-corrected chi connectivity index (χ4v) is 2.50. The minimum absolute atomic E-state index is 0.239. The third kappa shape index (κ3) is 2.66. The maximum atomic E-state index is 12.3. The summed E-state index contributed by atoms with van der Waals surface area (Å²) in [6, 6.07) is 8.92. The molecule has 2 heterocycles. The molecule has 0 saturated carbocycles. The van der Waals surface area contributed by atoms with Crippen molar-refractivity contribution in [2.75, 3.05) is 5.32 Å². The average Bonchev–Trinajstić information content (AvgIpc) is 2.81. The van der Waals surface area contributed by atoms with E-state index in [4.69, 9.17) is 16.0 Å². The molecule has 0 aliphatic heterocycles. The molecular weight excluding hydrogens is 356 g/mol. The molecule has 1 amide bonds. The fraction of sp³-hybridized carbons (Fsp3) is 0.0667. The van der Waals surface area contributed by atoms with Crippen LogP contribution in [0.5, 0.6) is 0 Å². The van der Waals surface area contributed by atoms with Gasteiger partial charge in [-0.3, -0.25) is 4.79 Å². The average molecular weight is 366 g/mol. The number of rotatable bonds is 2. The predicted molar refractivity (Wildman–Crippen MR) is 85.9 cm³/mol. The molecule has 4 nitrogen and oxygen atoms in total. The van der Waals surface area contributed by atoms with Crippen molar-refractivity contribution in [2.45, 2.75) is 6.92 Å². The van der Waals surface area contributed by atoms with Crippen LogP contribution in [0.2, 0.25) is 5.02 Å². The zero-order chi connectivity index (χ0) is 15.0. The number of nitrogens with zero attached hydrogens (tertiary/aromatic N) is 1. The van der Waals surface area contributed by atoms with Gasteiger partial charge in [-0.15, -0.1) is 0 Å². The molecule has 106 valence electrons. The Kier molecular flexibility index (Phi) is 3.69.